The number of carbonyl (C=O) groups is 5. The van der Waals surface area contributed by atoms with E-state index < -0.39 is 101 Å². The molecule has 15 heteroatoms. The van der Waals surface area contributed by atoms with Gasteiger partial charge in [-0.3, -0.25) is 19.2 Å². The van der Waals surface area contributed by atoms with Gasteiger partial charge in [-0.1, -0.05) is 69.9 Å². The van der Waals surface area contributed by atoms with Gasteiger partial charge in [-0.05, 0) is 67.7 Å². The number of rotatable bonds is 2. The van der Waals surface area contributed by atoms with E-state index in [0.717, 1.165) is 50.0 Å². The van der Waals surface area contributed by atoms with Gasteiger partial charge in [0.15, 0.2) is 17.5 Å². The Hall–Kier alpha value is -3.34. The molecular formula is C45H63NO13S. The van der Waals surface area contributed by atoms with E-state index in [1.54, 1.807) is 51.1 Å². The number of aliphatic hydroxyl groups excluding tert-OH is 3. The van der Waals surface area contributed by atoms with Crippen LogP contribution < -0.4 is 5.32 Å². The van der Waals surface area contributed by atoms with Crippen LogP contribution in [-0.2, 0) is 42.9 Å². The lowest BCUT2D eigenvalue weighted by molar-refractivity contribution is -0.347. The van der Waals surface area contributed by atoms with Crippen molar-refractivity contribution in [2.45, 2.75) is 166 Å². The van der Waals surface area contributed by atoms with Crippen molar-refractivity contribution in [1.82, 2.24) is 5.32 Å². The van der Waals surface area contributed by atoms with Crippen LogP contribution in [0.15, 0.2) is 41.5 Å². The number of Topliss-reactive ketones (excluding diaryl/α,β-unsaturated/α-hetero) is 1. The van der Waals surface area contributed by atoms with Crippen LogP contribution in [0.5, 0.6) is 0 Å². The zero-order chi connectivity index (χ0) is 43.6. The SMILES string of the molecule is CC(=O)O[C@]12CO[C@@H]1C[C@H](O)[C@@]1(C)C(=O)[C@@H](O)C3=C(C)[C@@H]4C[C@@](O)([C@H](OC(=O)CCCCCSCCCCCCCC(=O)N[C@@H](c5ccccc5)[C@@H](O)C(=O)O4)[C@H]21)C3(C)C. The van der Waals surface area contributed by atoms with Gasteiger partial charge in [0.1, 0.15) is 30.0 Å². The molecule has 60 heavy (non-hydrogen) atoms. The van der Waals surface area contributed by atoms with Crippen molar-refractivity contribution in [3.05, 3.63) is 47.0 Å². The van der Waals surface area contributed by atoms with Crippen LogP contribution in [0.1, 0.15) is 123 Å². The maximum absolute atomic E-state index is 15.0. The van der Waals surface area contributed by atoms with Crippen LogP contribution in [0.2, 0.25) is 0 Å². The summed E-state index contributed by atoms with van der Waals surface area (Å²) < 4.78 is 24.4. The van der Waals surface area contributed by atoms with E-state index in [2.05, 4.69) is 5.32 Å². The summed E-state index contributed by atoms with van der Waals surface area (Å²) in [5.41, 5.74) is -6.78. The van der Waals surface area contributed by atoms with Crippen molar-refractivity contribution in [1.29, 1.82) is 0 Å². The van der Waals surface area contributed by atoms with Crippen LogP contribution in [0.3, 0.4) is 0 Å². The molecule has 3 aliphatic carbocycles. The summed E-state index contributed by atoms with van der Waals surface area (Å²) in [7, 11) is 0. The largest absolute Gasteiger partial charge is 0.459 e. The number of amides is 1. The molecule has 2 saturated heterocycles. The fraction of sp³-hybridized carbons (Fsp3) is 0.711. The molecule has 3 bridgehead atoms. The van der Waals surface area contributed by atoms with Crippen molar-refractivity contribution in [2.24, 2.45) is 16.7 Å². The molecule has 11 atom stereocenters. The highest BCUT2D eigenvalue weighted by atomic mass is 32.2. The minimum atomic E-state index is -2.26. The van der Waals surface area contributed by atoms with E-state index in [9.17, 15) is 44.4 Å². The predicted octanol–water partition coefficient (Wildman–Crippen LogP) is 4.19. The molecule has 1 aromatic rings. The highest BCUT2D eigenvalue weighted by molar-refractivity contribution is 7.99. The van der Waals surface area contributed by atoms with E-state index in [-0.39, 0.29) is 42.9 Å². The summed E-state index contributed by atoms with van der Waals surface area (Å²) in [6, 6.07) is 7.31. The fourth-order valence-corrected chi connectivity index (χ4v) is 11.6. The van der Waals surface area contributed by atoms with Crippen molar-refractivity contribution in [3.63, 3.8) is 0 Å². The third kappa shape index (κ3) is 8.55. The Morgan fingerprint density at radius 1 is 0.883 bits per heavy atom. The van der Waals surface area contributed by atoms with Gasteiger partial charge in [-0.25, -0.2) is 4.79 Å². The van der Waals surface area contributed by atoms with Gasteiger partial charge in [0, 0.05) is 38.0 Å². The number of esters is 3. The molecule has 332 valence electrons. The van der Waals surface area contributed by atoms with E-state index in [1.807, 2.05) is 11.8 Å². The van der Waals surface area contributed by atoms with Gasteiger partial charge >= 0.3 is 17.9 Å². The Balaban J connectivity index is 1.46. The van der Waals surface area contributed by atoms with Crippen LogP contribution >= 0.6 is 11.8 Å². The average Bonchev–Trinajstić information content (AvgIpc) is 3.19. The quantitative estimate of drug-likeness (QED) is 0.160. The summed E-state index contributed by atoms with van der Waals surface area (Å²) in [6.45, 7) is 7.14. The fourth-order valence-electron chi connectivity index (χ4n) is 10.6. The molecule has 1 amide bonds. The Labute approximate surface area is 356 Å². The highest BCUT2D eigenvalue weighted by Gasteiger charge is 2.78. The first kappa shape index (κ1) is 46.2. The van der Waals surface area contributed by atoms with Gasteiger partial charge < -0.3 is 44.7 Å². The molecule has 0 radical (unpaired) electrons. The van der Waals surface area contributed by atoms with E-state index >= 15 is 0 Å². The first-order chi connectivity index (χ1) is 28.4. The zero-order valence-corrected chi connectivity index (χ0v) is 36.3. The number of carbonyl (C=O) groups excluding carboxylic acids is 5. The first-order valence-corrected chi connectivity index (χ1v) is 22.7. The maximum atomic E-state index is 15.0. The summed E-state index contributed by atoms with van der Waals surface area (Å²) in [4.78, 5) is 69.4. The molecule has 2 aliphatic heterocycles. The summed E-state index contributed by atoms with van der Waals surface area (Å²) in [5, 5.41) is 52.1. The number of hydrogen-bond donors (Lipinski definition) is 5. The van der Waals surface area contributed by atoms with Crippen LogP contribution in [-0.4, -0.2) is 116 Å². The molecule has 5 aliphatic rings. The Bertz CT molecular complexity index is 1800. The number of hydrogen-bond acceptors (Lipinski definition) is 14. The summed E-state index contributed by atoms with van der Waals surface area (Å²) in [5.74, 6) is -3.30. The Morgan fingerprint density at radius 2 is 1.52 bits per heavy atom. The second kappa shape index (κ2) is 18.6. The smallest absolute Gasteiger partial charge is 0.338 e. The Kier molecular flexibility index (Phi) is 14.3. The van der Waals surface area contributed by atoms with Crippen molar-refractivity contribution >= 4 is 41.4 Å². The Morgan fingerprint density at radius 3 is 2.17 bits per heavy atom. The minimum Gasteiger partial charge on any atom is -0.459 e. The third-order valence-electron chi connectivity index (χ3n) is 14.1. The monoisotopic (exact) mass is 857 g/mol. The van der Waals surface area contributed by atoms with Gasteiger partial charge in [-0.2, -0.15) is 11.8 Å². The summed E-state index contributed by atoms with van der Waals surface area (Å²) >= 11 is 1.85. The minimum absolute atomic E-state index is 0.00208. The molecule has 2 heterocycles. The van der Waals surface area contributed by atoms with Crippen LogP contribution in [0, 0.1) is 16.7 Å². The number of fused-ring (bicyclic) bond motifs is 6. The molecule has 0 unspecified atom stereocenters. The lowest BCUT2D eigenvalue weighted by Gasteiger charge is -2.67. The molecule has 0 aromatic heterocycles. The third-order valence-corrected chi connectivity index (χ3v) is 15.2. The predicted molar refractivity (Wildman–Crippen MR) is 220 cm³/mol. The van der Waals surface area contributed by atoms with Crippen molar-refractivity contribution < 1.29 is 63.3 Å². The van der Waals surface area contributed by atoms with Gasteiger partial charge in [0.2, 0.25) is 5.91 Å². The van der Waals surface area contributed by atoms with E-state index in [1.165, 1.54) is 13.8 Å². The maximum Gasteiger partial charge on any atom is 0.338 e. The second-order valence-electron chi connectivity index (χ2n) is 18.2. The van der Waals surface area contributed by atoms with Crippen LogP contribution in [0.4, 0.5) is 0 Å². The van der Waals surface area contributed by atoms with E-state index in [4.69, 9.17) is 18.9 Å². The van der Waals surface area contributed by atoms with Crippen molar-refractivity contribution in [2.75, 3.05) is 18.1 Å². The molecular weight excluding hydrogens is 795 g/mol. The average molecular weight is 858 g/mol. The highest BCUT2D eigenvalue weighted by Crippen LogP contribution is 2.64. The molecule has 1 aromatic carbocycles. The number of benzene rings is 1. The van der Waals surface area contributed by atoms with Crippen molar-refractivity contribution in [3.8, 4) is 0 Å². The normalized spacial score (nSPS) is 38.8. The van der Waals surface area contributed by atoms with Gasteiger partial charge in [0.25, 0.3) is 0 Å². The molecule has 4 fully saturated rings. The van der Waals surface area contributed by atoms with Gasteiger partial charge in [-0.15, -0.1) is 0 Å². The zero-order valence-electron chi connectivity index (χ0n) is 35.5. The number of aliphatic hydroxyl groups is 4. The number of thioether (sulfide) groups is 1. The molecule has 0 spiro atoms. The summed E-state index contributed by atoms with van der Waals surface area (Å²) in [6.07, 6.45) is -3.19. The number of ether oxygens (including phenoxy) is 4. The molecule has 5 N–H and O–H groups in total. The molecule has 2 saturated carbocycles. The molecule has 14 nitrogen and oxygen atoms in total. The lowest BCUT2D eigenvalue weighted by Crippen LogP contribution is -2.81. The van der Waals surface area contributed by atoms with Crippen LogP contribution in [0.25, 0.3) is 0 Å². The van der Waals surface area contributed by atoms with Gasteiger partial charge in [0.05, 0.1) is 30.1 Å². The first-order valence-electron chi connectivity index (χ1n) is 21.6. The number of nitrogens with one attached hydrogen (secondary N) is 1. The van der Waals surface area contributed by atoms with E-state index in [0.29, 0.717) is 18.4 Å². The molecule has 6 rings (SSSR count). The topological polar surface area (TPSA) is 215 Å². The standard InChI is InChI=1S/C45H63NO13S/c1-26-29-24-45(55)40(38-43(5,39(53)36(51)34(26)42(45,3)4)30(48)23-31-44(38,25-56-31)59-27(2)47)58-33(50)20-14-10-16-22-60-21-15-8-6-7-13-19-32(49)46-35(37(52)41(54)57-29)28-17-11-9-12-18-28/h9,11-12,17-18,29-31,35-38,40,48,51-52,55H,6-8,10,13-16,19-25H2,1-5H3,(H,46,49)/t29-,30-,31+,35-,36-,37+,38-,40+,43+,44+,45+/m0/s1. The lowest BCUT2D eigenvalue weighted by atomic mass is 9.44. The second-order valence-corrected chi connectivity index (χ2v) is 19.4. The number of ketones is 1.